The second-order valence-corrected chi connectivity index (χ2v) is 5.02. The molecule has 0 aliphatic rings. The van der Waals surface area contributed by atoms with Gasteiger partial charge in [0, 0.05) is 44.0 Å². The third-order valence-electron chi connectivity index (χ3n) is 3.16. The van der Waals surface area contributed by atoms with Gasteiger partial charge in [0.05, 0.1) is 6.20 Å². The maximum atomic E-state index is 11.9. The van der Waals surface area contributed by atoms with E-state index in [-0.39, 0.29) is 5.91 Å². The summed E-state index contributed by atoms with van der Waals surface area (Å²) >= 11 is 0. The molecular weight excluding hydrogens is 252 g/mol. The Labute approximate surface area is 119 Å². The Balaban J connectivity index is 1.95. The Hall–Kier alpha value is -2.14. The van der Waals surface area contributed by atoms with E-state index >= 15 is 0 Å². The summed E-state index contributed by atoms with van der Waals surface area (Å²) in [4.78, 5) is 13.5. The average Bonchev–Trinajstić information content (AvgIpc) is 2.84. The Morgan fingerprint density at radius 1 is 1.35 bits per heavy atom. The van der Waals surface area contributed by atoms with E-state index in [1.54, 1.807) is 19.0 Å². The smallest absolute Gasteiger partial charge is 0.253 e. The van der Waals surface area contributed by atoms with E-state index in [1.807, 2.05) is 37.4 Å². The van der Waals surface area contributed by atoms with Crippen LogP contribution in [0.3, 0.4) is 0 Å². The van der Waals surface area contributed by atoms with Crippen molar-refractivity contribution in [2.24, 2.45) is 0 Å². The predicted octanol–water partition coefficient (Wildman–Crippen LogP) is 1.71. The first-order valence-corrected chi connectivity index (χ1v) is 6.58. The van der Waals surface area contributed by atoms with Crippen LogP contribution in [-0.4, -0.2) is 35.1 Å². The standard InChI is InChI=1S/C15H20N4O/c1-11-14(10-17-18-11)9-16-8-12-5-4-6-13(7-12)15(20)19(2)3/h4-7,10,16H,8-9H2,1-3H3,(H,17,18). The minimum absolute atomic E-state index is 0.0255. The molecule has 0 saturated carbocycles. The molecule has 2 aromatic rings. The lowest BCUT2D eigenvalue weighted by Crippen LogP contribution is -2.22. The van der Waals surface area contributed by atoms with Crippen LogP contribution in [-0.2, 0) is 13.1 Å². The molecule has 0 saturated heterocycles. The Morgan fingerprint density at radius 3 is 2.80 bits per heavy atom. The molecule has 5 heteroatoms. The second kappa shape index (κ2) is 6.34. The topological polar surface area (TPSA) is 61.0 Å². The number of benzene rings is 1. The minimum Gasteiger partial charge on any atom is -0.345 e. The Kier molecular flexibility index (Phi) is 4.53. The van der Waals surface area contributed by atoms with Crippen molar-refractivity contribution in [2.45, 2.75) is 20.0 Å². The van der Waals surface area contributed by atoms with Crippen LogP contribution in [0.1, 0.15) is 27.2 Å². The van der Waals surface area contributed by atoms with Crippen LogP contribution in [0.5, 0.6) is 0 Å². The highest BCUT2D eigenvalue weighted by molar-refractivity contribution is 5.94. The number of carbonyl (C=O) groups is 1. The number of hydrogen-bond acceptors (Lipinski definition) is 3. The maximum Gasteiger partial charge on any atom is 0.253 e. The number of aryl methyl sites for hydroxylation is 1. The third kappa shape index (κ3) is 3.45. The van der Waals surface area contributed by atoms with Crippen LogP contribution in [0.15, 0.2) is 30.5 Å². The monoisotopic (exact) mass is 272 g/mol. The molecule has 0 unspecified atom stereocenters. The number of hydrogen-bond donors (Lipinski definition) is 2. The first-order valence-electron chi connectivity index (χ1n) is 6.58. The average molecular weight is 272 g/mol. The van der Waals surface area contributed by atoms with Gasteiger partial charge in [0.25, 0.3) is 5.91 Å². The summed E-state index contributed by atoms with van der Waals surface area (Å²) in [6, 6.07) is 7.70. The minimum atomic E-state index is 0.0255. The van der Waals surface area contributed by atoms with Crippen LogP contribution in [0.2, 0.25) is 0 Å². The first kappa shape index (κ1) is 14.3. The van der Waals surface area contributed by atoms with E-state index in [1.165, 1.54) is 0 Å². The summed E-state index contributed by atoms with van der Waals surface area (Å²) in [5, 5.41) is 10.3. The summed E-state index contributed by atoms with van der Waals surface area (Å²) in [6.45, 7) is 3.48. The lowest BCUT2D eigenvalue weighted by molar-refractivity contribution is 0.0827. The maximum absolute atomic E-state index is 11.9. The van der Waals surface area contributed by atoms with Crippen molar-refractivity contribution in [3.05, 3.63) is 52.8 Å². The summed E-state index contributed by atoms with van der Waals surface area (Å²) in [7, 11) is 3.52. The molecular formula is C15H20N4O. The highest BCUT2D eigenvalue weighted by atomic mass is 16.2. The normalized spacial score (nSPS) is 10.6. The molecule has 0 atom stereocenters. The van der Waals surface area contributed by atoms with Gasteiger partial charge in [-0.2, -0.15) is 5.10 Å². The zero-order valence-electron chi connectivity index (χ0n) is 12.1. The Morgan fingerprint density at radius 2 is 2.15 bits per heavy atom. The van der Waals surface area contributed by atoms with E-state index in [0.717, 1.165) is 29.9 Å². The molecule has 20 heavy (non-hydrogen) atoms. The van der Waals surface area contributed by atoms with Crippen molar-refractivity contribution in [1.29, 1.82) is 0 Å². The fourth-order valence-corrected chi connectivity index (χ4v) is 1.97. The molecule has 5 nitrogen and oxygen atoms in total. The molecule has 0 spiro atoms. The van der Waals surface area contributed by atoms with E-state index in [0.29, 0.717) is 5.56 Å². The van der Waals surface area contributed by atoms with Gasteiger partial charge in [0.15, 0.2) is 0 Å². The number of nitrogens with zero attached hydrogens (tertiary/aromatic N) is 2. The van der Waals surface area contributed by atoms with Gasteiger partial charge in [0.2, 0.25) is 0 Å². The second-order valence-electron chi connectivity index (χ2n) is 5.02. The molecule has 2 N–H and O–H groups in total. The lowest BCUT2D eigenvalue weighted by Gasteiger charge is -2.11. The summed E-state index contributed by atoms with van der Waals surface area (Å²) < 4.78 is 0. The largest absolute Gasteiger partial charge is 0.345 e. The molecule has 1 amide bonds. The van der Waals surface area contributed by atoms with Crippen molar-refractivity contribution in [3.8, 4) is 0 Å². The number of H-pyrrole nitrogens is 1. The van der Waals surface area contributed by atoms with Gasteiger partial charge < -0.3 is 10.2 Å². The SMILES string of the molecule is Cc1[nH]ncc1CNCc1cccc(C(=O)N(C)C)c1. The number of rotatable bonds is 5. The number of aromatic nitrogens is 2. The quantitative estimate of drug-likeness (QED) is 0.871. The van der Waals surface area contributed by atoms with Crippen molar-refractivity contribution >= 4 is 5.91 Å². The van der Waals surface area contributed by atoms with Gasteiger partial charge in [-0.05, 0) is 24.6 Å². The third-order valence-corrected chi connectivity index (χ3v) is 3.16. The van der Waals surface area contributed by atoms with E-state index in [2.05, 4.69) is 15.5 Å². The van der Waals surface area contributed by atoms with Crippen molar-refractivity contribution in [2.75, 3.05) is 14.1 Å². The van der Waals surface area contributed by atoms with Crippen molar-refractivity contribution in [1.82, 2.24) is 20.4 Å². The Bertz CT molecular complexity index is 589. The summed E-state index contributed by atoms with van der Waals surface area (Å²) in [5.41, 5.74) is 4.05. The molecule has 0 fully saturated rings. The predicted molar refractivity (Wildman–Crippen MR) is 78.3 cm³/mol. The summed E-state index contributed by atoms with van der Waals surface area (Å²) in [6.07, 6.45) is 1.83. The van der Waals surface area contributed by atoms with Gasteiger partial charge >= 0.3 is 0 Å². The highest BCUT2D eigenvalue weighted by Crippen LogP contribution is 2.08. The zero-order valence-corrected chi connectivity index (χ0v) is 12.1. The number of aromatic amines is 1. The fraction of sp³-hybridized carbons (Fsp3) is 0.333. The van der Waals surface area contributed by atoms with Gasteiger partial charge in [0.1, 0.15) is 0 Å². The van der Waals surface area contributed by atoms with E-state index < -0.39 is 0 Å². The van der Waals surface area contributed by atoms with Crippen LogP contribution >= 0.6 is 0 Å². The van der Waals surface area contributed by atoms with Gasteiger partial charge in [-0.25, -0.2) is 0 Å². The van der Waals surface area contributed by atoms with E-state index in [4.69, 9.17) is 0 Å². The molecule has 0 aliphatic carbocycles. The van der Waals surface area contributed by atoms with Crippen molar-refractivity contribution < 1.29 is 4.79 Å². The summed E-state index contributed by atoms with van der Waals surface area (Å²) in [5.74, 6) is 0.0255. The molecule has 1 aromatic carbocycles. The van der Waals surface area contributed by atoms with E-state index in [9.17, 15) is 4.79 Å². The number of nitrogens with one attached hydrogen (secondary N) is 2. The van der Waals surface area contributed by atoms with Crippen LogP contribution in [0.25, 0.3) is 0 Å². The van der Waals surface area contributed by atoms with Crippen molar-refractivity contribution in [3.63, 3.8) is 0 Å². The first-order chi connectivity index (χ1) is 9.58. The fourth-order valence-electron chi connectivity index (χ4n) is 1.97. The number of carbonyl (C=O) groups excluding carboxylic acids is 1. The molecule has 0 aliphatic heterocycles. The highest BCUT2D eigenvalue weighted by Gasteiger charge is 2.08. The molecule has 106 valence electrons. The lowest BCUT2D eigenvalue weighted by atomic mass is 10.1. The molecule has 0 bridgehead atoms. The van der Waals surface area contributed by atoms with Gasteiger partial charge in [-0.15, -0.1) is 0 Å². The number of amides is 1. The van der Waals surface area contributed by atoms with Gasteiger partial charge in [-0.3, -0.25) is 9.89 Å². The van der Waals surface area contributed by atoms with Crippen LogP contribution < -0.4 is 5.32 Å². The molecule has 0 radical (unpaired) electrons. The van der Waals surface area contributed by atoms with Crippen LogP contribution in [0, 0.1) is 6.92 Å². The van der Waals surface area contributed by atoms with Crippen LogP contribution in [0.4, 0.5) is 0 Å². The molecule has 1 heterocycles. The molecule has 1 aromatic heterocycles. The molecule has 2 rings (SSSR count). The van der Waals surface area contributed by atoms with Gasteiger partial charge in [-0.1, -0.05) is 12.1 Å². The zero-order chi connectivity index (χ0) is 14.5.